The molecule has 0 bridgehead atoms. The van der Waals surface area contributed by atoms with Crippen LogP contribution in [0.1, 0.15) is 0 Å². The number of nitrogens with zero attached hydrogens (tertiary/aromatic N) is 1. The summed E-state index contributed by atoms with van der Waals surface area (Å²) in [5.74, 6) is 0. The first-order chi connectivity index (χ1) is 6.00. The van der Waals surface area contributed by atoms with Gasteiger partial charge in [0.15, 0.2) is 0 Å². The highest BCUT2D eigenvalue weighted by Gasteiger charge is 2.09. The number of hydrogen-bond donors (Lipinski definition) is 1. The standard InChI is InChI=1S/C8H7Cl2NO2/c1-11(8(12)13)7-3-5(9)2-6(10)4-7/h2-4H,1H3,(H,12,13). The Hall–Kier alpha value is -0.930. The van der Waals surface area contributed by atoms with Crippen molar-refractivity contribution in [1.29, 1.82) is 0 Å². The molecule has 1 amide bonds. The van der Waals surface area contributed by atoms with Crippen molar-refractivity contribution in [2.45, 2.75) is 0 Å². The summed E-state index contributed by atoms with van der Waals surface area (Å²) < 4.78 is 0. The van der Waals surface area contributed by atoms with E-state index in [-0.39, 0.29) is 0 Å². The summed E-state index contributed by atoms with van der Waals surface area (Å²) >= 11 is 11.4. The van der Waals surface area contributed by atoms with Crippen molar-refractivity contribution in [2.24, 2.45) is 0 Å². The minimum absolute atomic E-state index is 0.413. The van der Waals surface area contributed by atoms with Crippen molar-refractivity contribution >= 4 is 35.0 Å². The maximum absolute atomic E-state index is 10.6. The molecule has 1 rings (SSSR count). The maximum Gasteiger partial charge on any atom is 0.411 e. The first-order valence-corrected chi connectivity index (χ1v) is 4.19. The van der Waals surface area contributed by atoms with Crippen LogP contribution in [-0.4, -0.2) is 18.2 Å². The van der Waals surface area contributed by atoms with Gasteiger partial charge in [0.25, 0.3) is 0 Å². The topological polar surface area (TPSA) is 40.5 Å². The molecule has 1 N–H and O–H groups in total. The Bertz CT molecular complexity index is 321. The molecule has 0 fully saturated rings. The molecule has 13 heavy (non-hydrogen) atoms. The Morgan fingerprint density at radius 1 is 1.31 bits per heavy atom. The number of rotatable bonds is 1. The lowest BCUT2D eigenvalue weighted by molar-refractivity contribution is 0.203. The van der Waals surface area contributed by atoms with Gasteiger partial charge in [-0.1, -0.05) is 23.2 Å². The average molecular weight is 220 g/mol. The zero-order valence-corrected chi connectivity index (χ0v) is 8.30. The third-order valence-corrected chi connectivity index (χ3v) is 1.96. The first-order valence-electron chi connectivity index (χ1n) is 3.43. The Kier molecular flexibility index (Phi) is 3.01. The molecule has 0 atom stereocenters. The molecule has 70 valence electrons. The smallest absolute Gasteiger partial charge is 0.411 e. The lowest BCUT2D eigenvalue weighted by Gasteiger charge is -2.13. The molecule has 5 heteroatoms. The van der Waals surface area contributed by atoms with Crippen molar-refractivity contribution in [2.75, 3.05) is 11.9 Å². The Balaban J connectivity index is 3.07. The molecular formula is C8H7Cl2NO2. The van der Waals surface area contributed by atoms with E-state index in [1.165, 1.54) is 19.2 Å². The summed E-state index contributed by atoms with van der Waals surface area (Å²) in [6, 6.07) is 4.60. The van der Waals surface area contributed by atoms with E-state index in [2.05, 4.69) is 0 Å². The third kappa shape index (κ3) is 2.50. The summed E-state index contributed by atoms with van der Waals surface area (Å²) in [7, 11) is 1.42. The van der Waals surface area contributed by atoms with Crippen LogP contribution >= 0.6 is 23.2 Å². The van der Waals surface area contributed by atoms with Crippen LogP contribution < -0.4 is 4.90 Å². The lowest BCUT2D eigenvalue weighted by atomic mass is 10.3. The molecule has 0 aromatic heterocycles. The van der Waals surface area contributed by atoms with Gasteiger partial charge in [-0.05, 0) is 18.2 Å². The van der Waals surface area contributed by atoms with Crippen molar-refractivity contribution in [1.82, 2.24) is 0 Å². The summed E-state index contributed by atoms with van der Waals surface area (Å²) in [4.78, 5) is 11.6. The number of carbonyl (C=O) groups is 1. The SMILES string of the molecule is CN(C(=O)O)c1cc(Cl)cc(Cl)c1. The van der Waals surface area contributed by atoms with E-state index in [1.807, 2.05) is 0 Å². The number of halogens is 2. The highest BCUT2D eigenvalue weighted by Crippen LogP contribution is 2.24. The number of carboxylic acid groups (broad SMARTS) is 1. The van der Waals surface area contributed by atoms with Crippen LogP contribution in [0.25, 0.3) is 0 Å². The molecule has 0 aliphatic rings. The number of benzene rings is 1. The quantitative estimate of drug-likeness (QED) is 0.789. The average Bonchev–Trinajstić information content (AvgIpc) is 2.01. The number of hydrogen-bond acceptors (Lipinski definition) is 1. The summed E-state index contributed by atoms with van der Waals surface area (Å²) in [5, 5.41) is 9.48. The summed E-state index contributed by atoms with van der Waals surface area (Å²) in [5.41, 5.74) is 0.449. The van der Waals surface area contributed by atoms with Gasteiger partial charge in [-0.15, -0.1) is 0 Å². The molecule has 0 saturated heterocycles. The maximum atomic E-state index is 10.6. The predicted molar refractivity (Wildman–Crippen MR) is 52.9 cm³/mol. The normalized spacial score (nSPS) is 9.77. The molecule has 0 aliphatic heterocycles. The molecular weight excluding hydrogens is 213 g/mol. The van der Waals surface area contributed by atoms with Crippen molar-refractivity contribution in [3.8, 4) is 0 Å². The van der Waals surface area contributed by atoms with Crippen LogP contribution in [0.4, 0.5) is 10.5 Å². The predicted octanol–water partition coefficient (Wildman–Crippen LogP) is 3.11. The van der Waals surface area contributed by atoms with Gasteiger partial charge in [0.1, 0.15) is 0 Å². The zero-order chi connectivity index (χ0) is 10.0. The Morgan fingerprint density at radius 2 is 1.77 bits per heavy atom. The van der Waals surface area contributed by atoms with Gasteiger partial charge in [-0.3, -0.25) is 4.90 Å². The summed E-state index contributed by atoms with van der Waals surface area (Å²) in [6.45, 7) is 0. The molecule has 0 heterocycles. The van der Waals surface area contributed by atoms with E-state index in [1.54, 1.807) is 6.07 Å². The van der Waals surface area contributed by atoms with E-state index >= 15 is 0 Å². The Morgan fingerprint density at radius 3 is 2.15 bits per heavy atom. The molecule has 0 saturated carbocycles. The van der Waals surface area contributed by atoms with Gasteiger partial charge in [0.2, 0.25) is 0 Å². The lowest BCUT2D eigenvalue weighted by Crippen LogP contribution is -2.23. The van der Waals surface area contributed by atoms with Gasteiger partial charge in [0, 0.05) is 22.8 Å². The van der Waals surface area contributed by atoms with Gasteiger partial charge in [-0.25, -0.2) is 4.79 Å². The van der Waals surface area contributed by atoms with Gasteiger partial charge in [0.05, 0.1) is 0 Å². The van der Waals surface area contributed by atoms with Crippen LogP contribution in [0.15, 0.2) is 18.2 Å². The fraction of sp³-hybridized carbons (Fsp3) is 0.125. The molecule has 1 aromatic rings. The second-order valence-electron chi connectivity index (χ2n) is 2.47. The first kappa shape index (κ1) is 10.2. The summed E-state index contributed by atoms with van der Waals surface area (Å²) in [6.07, 6.45) is -1.06. The third-order valence-electron chi connectivity index (χ3n) is 1.52. The largest absolute Gasteiger partial charge is 0.465 e. The molecule has 0 aliphatic carbocycles. The van der Waals surface area contributed by atoms with E-state index < -0.39 is 6.09 Å². The fourth-order valence-electron chi connectivity index (χ4n) is 0.843. The van der Waals surface area contributed by atoms with Crippen LogP contribution in [0, 0.1) is 0 Å². The molecule has 0 unspecified atom stereocenters. The number of anilines is 1. The van der Waals surface area contributed by atoms with Crippen LogP contribution in [0.3, 0.4) is 0 Å². The molecule has 0 radical (unpaired) electrons. The van der Waals surface area contributed by atoms with E-state index in [0.29, 0.717) is 15.7 Å². The molecule has 1 aromatic carbocycles. The molecule has 0 spiro atoms. The highest BCUT2D eigenvalue weighted by atomic mass is 35.5. The minimum atomic E-state index is -1.06. The van der Waals surface area contributed by atoms with Crippen molar-refractivity contribution in [3.05, 3.63) is 28.2 Å². The minimum Gasteiger partial charge on any atom is -0.465 e. The highest BCUT2D eigenvalue weighted by molar-refractivity contribution is 6.35. The molecule has 3 nitrogen and oxygen atoms in total. The fourth-order valence-corrected chi connectivity index (χ4v) is 1.36. The van der Waals surface area contributed by atoms with Crippen LogP contribution in [-0.2, 0) is 0 Å². The van der Waals surface area contributed by atoms with Crippen LogP contribution in [0.5, 0.6) is 0 Å². The second-order valence-corrected chi connectivity index (χ2v) is 3.34. The number of amides is 1. The van der Waals surface area contributed by atoms with Gasteiger partial charge >= 0.3 is 6.09 Å². The van der Waals surface area contributed by atoms with Crippen molar-refractivity contribution < 1.29 is 9.90 Å². The van der Waals surface area contributed by atoms with E-state index in [0.717, 1.165) is 4.90 Å². The Labute approximate surface area is 85.5 Å². The zero-order valence-electron chi connectivity index (χ0n) is 6.79. The van der Waals surface area contributed by atoms with E-state index in [9.17, 15) is 4.79 Å². The van der Waals surface area contributed by atoms with Crippen LogP contribution in [0.2, 0.25) is 10.0 Å². The second kappa shape index (κ2) is 3.85. The van der Waals surface area contributed by atoms with Crippen molar-refractivity contribution in [3.63, 3.8) is 0 Å². The van der Waals surface area contributed by atoms with E-state index in [4.69, 9.17) is 28.3 Å². The monoisotopic (exact) mass is 219 g/mol. The van der Waals surface area contributed by atoms with Gasteiger partial charge in [-0.2, -0.15) is 0 Å². The van der Waals surface area contributed by atoms with Gasteiger partial charge < -0.3 is 5.11 Å².